The summed E-state index contributed by atoms with van der Waals surface area (Å²) in [4.78, 5) is 24.2. The van der Waals surface area contributed by atoms with Crippen molar-refractivity contribution in [2.75, 3.05) is 6.61 Å². The van der Waals surface area contributed by atoms with Crippen LogP contribution in [0.4, 0.5) is 0 Å². The summed E-state index contributed by atoms with van der Waals surface area (Å²) >= 11 is 0. The van der Waals surface area contributed by atoms with Gasteiger partial charge in [-0.25, -0.2) is 0 Å². The highest BCUT2D eigenvalue weighted by Crippen LogP contribution is 2.67. The number of hydrogen-bond acceptors (Lipinski definition) is 5. The molecule has 3 N–H and O–H groups in total. The van der Waals surface area contributed by atoms with Crippen LogP contribution in [0.3, 0.4) is 0 Å². The molecule has 142 valence electrons. The maximum absolute atomic E-state index is 12.4. The average molecular weight is 360 g/mol. The van der Waals surface area contributed by atoms with E-state index >= 15 is 0 Å². The van der Waals surface area contributed by atoms with Gasteiger partial charge in [-0.2, -0.15) is 0 Å². The molecule has 0 aromatic heterocycles. The highest BCUT2D eigenvalue weighted by atomic mass is 16.3. The van der Waals surface area contributed by atoms with E-state index < -0.39 is 29.5 Å². The first-order valence-electron chi connectivity index (χ1n) is 9.66. The van der Waals surface area contributed by atoms with Crippen molar-refractivity contribution in [3.05, 3.63) is 23.8 Å². The fourth-order valence-corrected chi connectivity index (χ4v) is 6.92. The van der Waals surface area contributed by atoms with Crippen molar-refractivity contribution in [3.63, 3.8) is 0 Å². The van der Waals surface area contributed by atoms with Crippen LogP contribution in [-0.4, -0.2) is 45.2 Å². The number of fused-ring (bicyclic) bond motifs is 5. The van der Waals surface area contributed by atoms with Crippen LogP contribution in [0.25, 0.3) is 0 Å². The molecule has 0 amide bonds. The Kier molecular flexibility index (Phi) is 3.89. The minimum Gasteiger partial charge on any atom is -0.393 e. The molecule has 4 aliphatic carbocycles. The van der Waals surface area contributed by atoms with Gasteiger partial charge in [0.2, 0.25) is 0 Å². The van der Waals surface area contributed by atoms with Crippen molar-refractivity contribution in [2.45, 2.75) is 57.7 Å². The first kappa shape index (κ1) is 18.1. The predicted octanol–water partition coefficient (Wildman–Crippen LogP) is 1.56. The molecule has 0 radical (unpaired) electrons. The van der Waals surface area contributed by atoms with Gasteiger partial charge in [0.25, 0.3) is 0 Å². The van der Waals surface area contributed by atoms with E-state index in [1.807, 2.05) is 13.0 Å². The first-order valence-corrected chi connectivity index (χ1v) is 9.66. The van der Waals surface area contributed by atoms with Crippen LogP contribution in [-0.2, 0) is 9.59 Å². The number of aliphatic hydroxyl groups excluding tert-OH is 2. The molecule has 4 aliphatic rings. The van der Waals surface area contributed by atoms with E-state index in [0.29, 0.717) is 12.8 Å². The van der Waals surface area contributed by atoms with Gasteiger partial charge in [0, 0.05) is 16.7 Å². The summed E-state index contributed by atoms with van der Waals surface area (Å²) in [5, 5.41) is 31.7. The smallest absolute Gasteiger partial charge is 0.190 e. The van der Waals surface area contributed by atoms with Crippen LogP contribution < -0.4 is 0 Å². The van der Waals surface area contributed by atoms with Gasteiger partial charge in [0.15, 0.2) is 11.6 Å². The molecular formula is C21H28O5. The summed E-state index contributed by atoms with van der Waals surface area (Å²) in [5.74, 6) is -0.227. The molecule has 0 saturated heterocycles. The van der Waals surface area contributed by atoms with Gasteiger partial charge in [-0.1, -0.05) is 25.5 Å². The molecule has 7 atom stereocenters. The zero-order valence-corrected chi connectivity index (χ0v) is 15.4. The van der Waals surface area contributed by atoms with Crippen LogP contribution in [0.2, 0.25) is 0 Å². The molecule has 4 rings (SSSR count). The molecule has 0 bridgehead atoms. The monoisotopic (exact) mass is 360 g/mol. The number of allylic oxidation sites excluding steroid dienone is 4. The zero-order valence-electron chi connectivity index (χ0n) is 15.4. The Morgan fingerprint density at radius 2 is 2.04 bits per heavy atom. The van der Waals surface area contributed by atoms with Gasteiger partial charge in [-0.3, -0.25) is 9.59 Å². The number of rotatable bonds is 2. The molecule has 3 fully saturated rings. The lowest BCUT2D eigenvalue weighted by Gasteiger charge is -2.59. The lowest BCUT2D eigenvalue weighted by molar-refractivity contribution is -0.178. The number of carbonyl (C=O) groups excluding carboxylic acids is 2. The number of aliphatic hydroxyl groups is 3. The van der Waals surface area contributed by atoms with E-state index in [2.05, 4.69) is 6.92 Å². The minimum atomic E-state index is -1.56. The van der Waals surface area contributed by atoms with Gasteiger partial charge >= 0.3 is 0 Å². The van der Waals surface area contributed by atoms with Crippen molar-refractivity contribution < 1.29 is 24.9 Å². The third kappa shape index (κ3) is 2.08. The number of hydrogen-bond donors (Lipinski definition) is 3. The lowest BCUT2D eigenvalue weighted by Crippen LogP contribution is -2.61. The average Bonchev–Trinajstić information content (AvgIpc) is 2.86. The largest absolute Gasteiger partial charge is 0.393 e. The van der Waals surface area contributed by atoms with E-state index in [1.165, 1.54) is 0 Å². The van der Waals surface area contributed by atoms with Crippen molar-refractivity contribution in [3.8, 4) is 0 Å². The fourth-order valence-electron chi connectivity index (χ4n) is 6.92. The number of carbonyl (C=O) groups is 2. The Labute approximate surface area is 153 Å². The topological polar surface area (TPSA) is 94.8 Å². The van der Waals surface area contributed by atoms with Crippen LogP contribution in [0.1, 0.15) is 46.0 Å². The number of Topliss-reactive ketones (excluding diaryl/α,β-unsaturated/α-hetero) is 1. The summed E-state index contributed by atoms with van der Waals surface area (Å²) in [6, 6.07) is 0. The van der Waals surface area contributed by atoms with Crippen molar-refractivity contribution in [1.29, 1.82) is 0 Å². The second-order valence-corrected chi connectivity index (χ2v) is 9.19. The second kappa shape index (κ2) is 5.60. The van der Waals surface area contributed by atoms with Gasteiger partial charge in [-0.15, -0.1) is 0 Å². The van der Waals surface area contributed by atoms with E-state index in [1.54, 1.807) is 12.2 Å². The molecule has 5 heteroatoms. The quantitative estimate of drug-likeness (QED) is 0.695. The zero-order chi connectivity index (χ0) is 18.9. The molecule has 0 aromatic rings. The summed E-state index contributed by atoms with van der Waals surface area (Å²) < 4.78 is 0. The molecule has 0 aliphatic heterocycles. The second-order valence-electron chi connectivity index (χ2n) is 9.19. The highest BCUT2D eigenvalue weighted by Gasteiger charge is 2.67. The van der Waals surface area contributed by atoms with Crippen LogP contribution in [0.5, 0.6) is 0 Å². The predicted molar refractivity (Wildman–Crippen MR) is 95.0 cm³/mol. The third-order valence-electron chi connectivity index (χ3n) is 8.25. The summed E-state index contributed by atoms with van der Waals surface area (Å²) in [6.07, 6.45) is 7.68. The molecule has 0 spiro atoms. The standard InChI is InChI=1S/C21H28O5/c1-19-7-5-13(23)9-12(19)3-4-14-15-6-8-21(26,17(25)11-22)20(15,2)10-16(24)18(14)19/h5,7,9,14-16,18,22,24,26H,3-4,6,8,10-11H2,1-2H3/t14-,15?,16?,18+,19+,20+,21+/m1/s1. The molecular weight excluding hydrogens is 332 g/mol. The van der Waals surface area contributed by atoms with Gasteiger partial charge in [0.05, 0.1) is 6.10 Å². The molecule has 3 saturated carbocycles. The number of ketones is 2. The minimum absolute atomic E-state index is 0.00912. The fraction of sp³-hybridized carbons (Fsp3) is 0.714. The Balaban J connectivity index is 1.75. The van der Waals surface area contributed by atoms with E-state index in [-0.39, 0.29) is 29.0 Å². The maximum atomic E-state index is 12.4. The highest BCUT2D eigenvalue weighted by molar-refractivity contribution is 6.01. The first-order chi connectivity index (χ1) is 12.2. The normalized spacial score (nSPS) is 49.9. The summed E-state index contributed by atoms with van der Waals surface area (Å²) in [6.45, 7) is 3.34. The summed E-state index contributed by atoms with van der Waals surface area (Å²) in [7, 11) is 0. The van der Waals surface area contributed by atoms with Crippen LogP contribution in [0.15, 0.2) is 23.8 Å². The molecule has 26 heavy (non-hydrogen) atoms. The Hall–Kier alpha value is -1.30. The van der Waals surface area contributed by atoms with Crippen molar-refractivity contribution in [1.82, 2.24) is 0 Å². The van der Waals surface area contributed by atoms with Crippen LogP contribution >= 0.6 is 0 Å². The van der Waals surface area contributed by atoms with E-state index in [9.17, 15) is 24.9 Å². The van der Waals surface area contributed by atoms with Crippen LogP contribution in [0, 0.1) is 28.6 Å². The van der Waals surface area contributed by atoms with Gasteiger partial charge < -0.3 is 15.3 Å². The molecule has 2 unspecified atom stereocenters. The van der Waals surface area contributed by atoms with Gasteiger partial charge in [-0.05, 0) is 56.1 Å². The van der Waals surface area contributed by atoms with Gasteiger partial charge in [0.1, 0.15) is 12.2 Å². The third-order valence-corrected chi connectivity index (χ3v) is 8.25. The SMILES string of the molecule is C[C@]12C=CC(=O)C=C1CC[C@@H]1C3CC[C@](O)(C(=O)CO)[C@@]3(C)CC(O)[C@H]12. The Bertz CT molecular complexity index is 724. The van der Waals surface area contributed by atoms with E-state index in [4.69, 9.17) is 0 Å². The molecule has 5 nitrogen and oxygen atoms in total. The molecule has 0 heterocycles. The Morgan fingerprint density at radius 3 is 2.73 bits per heavy atom. The maximum Gasteiger partial charge on any atom is 0.190 e. The van der Waals surface area contributed by atoms with Crippen molar-refractivity contribution >= 4 is 11.6 Å². The Morgan fingerprint density at radius 1 is 1.31 bits per heavy atom. The lowest BCUT2D eigenvalue weighted by atomic mass is 9.46. The van der Waals surface area contributed by atoms with E-state index in [0.717, 1.165) is 24.8 Å². The molecule has 0 aromatic carbocycles. The summed E-state index contributed by atoms with van der Waals surface area (Å²) in [5.41, 5.74) is -1.54. The van der Waals surface area contributed by atoms with Crippen molar-refractivity contribution in [2.24, 2.45) is 28.6 Å².